The van der Waals surface area contributed by atoms with Gasteiger partial charge in [-0.2, -0.15) is 5.10 Å². The molecule has 4 aromatic rings. The third kappa shape index (κ3) is 7.94. The predicted octanol–water partition coefficient (Wildman–Crippen LogP) is 5.25. The summed E-state index contributed by atoms with van der Waals surface area (Å²) in [7, 11) is 0. The maximum atomic E-state index is 12.5. The minimum absolute atomic E-state index is 0.0615. The summed E-state index contributed by atoms with van der Waals surface area (Å²) in [4.78, 5) is 28.8. The Morgan fingerprint density at radius 2 is 1.68 bits per heavy atom. The van der Waals surface area contributed by atoms with E-state index in [1.807, 2.05) is 28.9 Å². The average molecular weight is 555 g/mol. The molecule has 9 heteroatoms. The Hall–Kier alpha value is -4.66. The van der Waals surface area contributed by atoms with Gasteiger partial charge in [0.15, 0.2) is 0 Å². The van der Waals surface area contributed by atoms with Crippen molar-refractivity contribution in [3.63, 3.8) is 0 Å². The quantitative estimate of drug-likeness (QED) is 0.177. The van der Waals surface area contributed by atoms with E-state index in [4.69, 9.17) is 10.8 Å². The van der Waals surface area contributed by atoms with Crippen LogP contribution in [0.5, 0.6) is 5.75 Å². The fraction of sp³-hybridized carbons (Fsp3) is 0.312. The number of hydrogen-bond donors (Lipinski definition) is 4. The number of anilines is 1. The van der Waals surface area contributed by atoms with Crippen molar-refractivity contribution in [2.75, 3.05) is 11.9 Å². The van der Waals surface area contributed by atoms with E-state index in [-0.39, 0.29) is 23.5 Å². The summed E-state index contributed by atoms with van der Waals surface area (Å²) in [5.74, 6) is 0.0473. The summed E-state index contributed by atoms with van der Waals surface area (Å²) in [5.41, 5.74) is 9.87. The Morgan fingerprint density at radius 1 is 0.951 bits per heavy atom. The highest BCUT2D eigenvalue weighted by Gasteiger charge is 2.20. The highest BCUT2D eigenvalue weighted by molar-refractivity contribution is 5.87. The van der Waals surface area contributed by atoms with Gasteiger partial charge in [-0.15, -0.1) is 0 Å². The van der Waals surface area contributed by atoms with Gasteiger partial charge in [-0.3, -0.25) is 14.6 Å². The van der Waals surface area contributed by atoms with E-state index in [2.05, 4.69) is 60.7 Å². The van der Waals surface area contributed by atoms with Crippen LogP contribution in [0.3, 0.4) is 0 Å². The molecule has 41 heavy (non-hydrogen) atoms. The SMILES string of the molecule is CC(C)(C)c1ccc(-n2nc(-c3ccccn3)cc2NCCCCCC(=O)N[C@H](C(N)=O)c2ccc(O)cc2)cc1. The summed E-state index contributed by atoms with van der Waals surface area (Å²) >= 11 is 0. The molecule has 2 aromatic heterocycles. The van der Waals surface area contributed by atoms with Crippen LogP contribution in [-0.2, 0) is 15.0 Å². The molecule has 0 fully saturated rings. The zero-order valence-electron chi connectivity index (χ0n) is 23.8. The lowest BCUT2D eigenvalue weighted by atomic mass is 9.87. The number of benzene rings is 2. The molecular weight excluding hydrogens is 516 g/mol. The van der Waals surface area contributed by atoms with Crippen molar-refractivity contribution in [3.8, 4) is 22.8 Å². The van der Waals surface area contributed by atoms with Crippen LogP contribution in [0, 0.1) is 0 Å². The molecule has 0 unspecified atom stereocenters. The van der Waals surface area contributed by atoms with Gasteiger partial charge < -0.3 is 21.5 Å². The van der Waals surface area contributed by atoms with E-state index < -0.39 is 11.9 Å². The number of nitrogens with two attached hydrogens (primary N) is 1. The summed E-state index contributed by atoms with van der Waals surface area (Å²) < 4.78 is 1.90. The fourth-order valence-electron chi connectivity index (χ4n) is 4.47. The minimum Gasteiger partial charge on any atom is -0.508 e. The molecule has 0 saturated heterocycles. The summed E-state index contributed by atoms with van der Waals surface area (Å²) in [6, 6.07) is 21.3. The van der Waals surface area contributed by atoms with Crippen LogP contribution < -0.4 is 16.4 Å². The van der Waals surface area contributed by atoms with Crippen molar-refractivity contribution < 1.29 is 14.7 Å². The molecule has 2 aromatic carbocycles. The lowest BCUT2D eigenvalue weighted by Crippen LogP contribution is -2.37. The molecule has 214 valence electrons. The zero-order valence-corrected chi connectivity index (χ0v) is 23.8. The van der Waals surface area contributed by atoms with Crippen molar-refractivity contribution in [2.45, 2.75) is 57.9 Å². The van der Waals surface area contributed by atoms with Crippen LogP contribution in [0.1, 0.15) is 63.6 Å². The lowest BCUT2D eigenvalue weighted by molar-refractivity contribution is -0.127. The van der Waals surface area contributed by atoms with E-state index in [1.54, 1.807) is 18.3 Å². The maximum Gasteiger partial charge on any atom is 0.244 e. The number of rotatable bonds is 12. The van der Waals surface area contributed by atoms with Gasteiger partial charge in [0.05, 0.1) is 11.4 Å². The van der Waals surface area contributed by atoms with Gasteiger partial charge in [-0.25, -0.2) is 4.68 Å². The number of phenolic OH excluding ortho intramolecular Hbond substituents is 1. The van der Waals surface area contributed by atoms with Crippen molar-refractivity contribution in [2.24, 2.45) is 5.73 Å². The van der Waals surface area contributed by atoms with Crippen molar-refractivity contribution in [3.05, 3.63) is 90.1 Å². The second kappa shape index (κ2) is 13.1. The number of carbonyl (C=O) groups excluding carboxylic acids is 2. The number of nitrogens with zero attached hydrogens (tertiary/aromatic N) is 3. The molecule has 0 aliphatic heterocycles. The van der Waals surface area contributed by atoms with E-state index in [0.717, 1.165) is 35.7 Å². The first-order valence-corrected chi connectivity index (χ1v) is 13.9. The van der Waals surface area contributed by atoms with Gasteiger partial charge in [0.2, 0.25) is 11.8 Å². The Balaban J connectivity index is 1.33. The molecule has 0 bridgehead atoms. The monoisotopic (exact) mass is 554 g/mol. The molecule has 4 rings (SSSR count). The first-order valence-electron chi connectivity index (χ1n) is 13.9. The van der Waals surface area contributed by atoms with E-state index >= 15 is 0 Å². The minimum atomic E-state index is -0.934. The second-order valence-electron chi connectivity index (χ2n) is 11.1. The largest absolute Gasteiger partial charge is 0.508 e. The third-order valence-corrected chi connectivity index (χ3v) is 6.82. The molecule has 0 spiro atoms. The molecule has 9 nitrogen and oxygen atoms in total. The number of hydrogen-bond acceptors (Lipinski definition) is 6. The van der Waals surface area contributed by atoms with Crippen LogP contribution in [0.25, 0.3) is 17.1 Å². The van der Waals surface area contributed by atoms with Crippen LogP contribution >= 0.6 is 0 Å². The number of pyridine rings is 1. The van der Waals surface area contributed by atoms with E-state index in [1.165, 1.54) is 17.7 Å². The normalized spacial score (nSPS) is 12.1. The van der Waals surface area contributed by atoms with Gasteiger partial charge in [-0.05, 0) is 65.8 Å². The van der Waals surface area contributed by atoms with E-state index in [9.17, 15) is 14.7 Å². The third-order valence-electron chi connectivity index (χ3n) is 6.82. The Morgan fingerprint density at radius 3 is 2.32 bits per heavy atom. The van der Waals surface area contributed by atoms with Crippen molar-refractivity contribution in [1.82, 2.24) is 20.1 Å². The van der Waals surface area contributed by atoms with Gasteiger partial charge in [0.25, 0.3) is 0 Å². The Labute approximate surface area is 240 Å². The molecule has 0 aliphatic carbocycles. The van der Waals surface area contributed by atoms with Crippen LogP contribution in [0.4, 0.5) is 5.82 Å². The maximum absolute atomic E-state index is 12.5. The number of amides is 2. The van der Waals surface area contributed by atoms with Crippen LogP contribution in [0.15, 0.2) is 79.0 Å². The highest BCUT2D eigenvalue weighted by Crippen LogP contribution is 2.27. The standard InChI is InChI=1S/C32H38N6O3/c1-32(2,3)23-13-15-24(16-14-23)38-28(21-27(37-38)26-9-6-8-19-34-26)35-20-7-4-5-10-29(40)36-30(31(33)41)22-11-17-25(39)18-12-22/h6,8-9,11-19,21,30,35,39H,4-5,7,10,20H2,1-3H3,(H2,33,41)(H,36,40)/t30-/m0/s1. The van der Waals surface area contributed by atoms with Gasteiger partial charge in [0, 0.05) is 25.2 Å². The predicted molar refractivity (Wildman–Crippen MR) is 161 cm³/mol. The average Bonchev–Trinajstić information content (AvgIpc) is 3.38. The molecule has 2 heterocycles. The van der Waals surface area contributed by atoms with Crippen LogP contribution in [-0.4, -0.2) is 38.2 Å². The number of nitrogens with one attached hydrogen (secondary N) is 2. The highest BCUT2D eigenvalue weighted by atomic mass is 16.3. The number of aromatic hydroxyl groups is 1. The first kappa shape index (κ1) is 29.3. The Bertz CT molecular complexity index is 1440. The second-order valence-corrected chi connectivity index (χ2v) is 11.1. The molecule has 0 saturated carbocycles. The van der Waals surface area contributed by atoms with Gasteiger partial charge in [0.1, 0.15) is 23.3 Å². The van der Waals surface area contributed by atoms with Crippen molar-refractivity contribution >= 4 is 17.6 Å². The molecule has 2 amide bonds. The molecule has 0 radical (unpaired) electrons. The number of aromatic nitrogens is 3. The fourth-order valence-corrected chi connectivity index (χ4v) is 4.47. The zero-order chi connectivity index (χ0) is 29.4. The molecule has 5 N–H and O–H groups in total. The topological polar surface area (TPSA) is 135 Å². The Kier molecular flexibility index (Phi) is 9.39. The van der Waals surface area contributed by atoms with Gasteiger partial charge >= 0.3 is 0 Å². The number of phenols is 1. The molecule has 1 atom stereocenters. The van der Waals surface area contributed by atoms with Crippen LogP contribution in [0.2, 0.25) is 0 Å². The summed E-state index contributed by atoms with van der Waals surface area (Å²) in [5, 5.41) is 20.5. The number of carbonyl (C=O) groups is 2. The number of primary amides is 1. The van der Waals surface area contributed by atoms with Crippen molar-refractivity contribution in [1.29, 1.82) is 0 Å². The number of unbranched alkanes of at least 4 members (excludes halogenated alkanes) is 2. The lowest BCUT2D eigenvalue weighted by Gasteiger charge is -2.19. The van der Waals surface area contributed by atoms with E-state index in [0.29, 0.717) is 18.5 Å². The molecular formula is C32H38N6O3. The smallest absolute Gasteiger partial charge is 0.244 e. The summed E-state index contributed by atoms with van der Waals surface area (Å²) in [6.45, 7) is 7.28. The first-order chi connectivity index (χ1) is 19.6. The summed E-state index contributed by atoms with van der Waals surface area (Å²) in [6.07, 6.45) is 4.37. The van der Waals surface area contributed by atoms with Gasteiger partial charge in [-0.1, -0.05) is 57.5 Å². The molecule has 0 aliphatic rings.